The third-order valence-corrected chi connectivity index (χ3v) is 1.92. The normalized spacial score (nSPS) is 13.9. The Hall–Kier alpha value is -1.63. The molecular formula is C9H16N2O5. The maximum atomic E-state index is 11.3. The van der Waals surface area contributed by atoms with Gasteiger partial charge < -0.3 is 21.3 Å². The molecule has 7 heteroatoms. The van der Waals surface area contributed by atoms with Gasteiger partial charge in [-0.3, -0.25) is 9.59 Å². The van der Waals surface area contributed by atoms with Crippen LogP contribution in [0, 0.1) is 0 Å². The SMILES string of the molecule is CCCC(NC(=O)C(N)CC(=O)O)C(=O)O. The zero-order chi connectivity index (χ0) is 12.7. The summed E-state index contributed by atoms with van der Waals surface area (Å²) in [5.74, 6) is -3.12. The van der Waals surface area contributed by atoms with E-state index in [9.17, 15) is 14.4 Å². The zero-order valence-corrected chi connectivity index (χ0v) is 8.97. The second-order valence-electron chi connectivity index (χ2n) is 3.39. The molecule has 7 nitrogen and oxygen atoms in total. The lowest BCUT2D eigenvalue weighted by molar-refractivity contribution is -0.142. The van der Waals surface area contributed by atoms with Crippen molar-refractivity contribution in [1.82, 2.24) is 5.32 Å². The Balaban J connectivity index is 4.28. The summed E-state index contributed by atoms with van der Waals surface area (Å²) in [5.41, 5.74) is 5.28. The number of carbonyl (C=O) groups excluding carboxylic acids is 1. The summed E-state index contributed by atoms with van der Waals surface area (Å²) in [6.45, 7) is 1.78. The van der Waals surface area contributed by atoms with E-state index in [-0.39, 0.29) is 6.42 Å². The number of carbonyl (C=O) groups is 3. The van der Waals surface area contributed by atoms with E-state index in [4.69, 9.17) is 15.9 Å². The van der Waals surface area contributed by atoms with E-state index in [2.05, 4.69) is 5.32 Å². The molecule has 2 unspecified atom stereocenters. The van der Waals surface area contributed by atoms with E-state index in [1.807, 2.05) is 0 Å². The molecule has 0 aromatic heterocycles. The van der Waals surface area contributed by atoms with Gasteiger partial charge in [0.15, 0.2) is 0 Å². The van der Waals surface area contributed by atoms with Crippen LogP contribution in [0.4, 0.5) is 0 Å². The number of hydrogen-bond donors (Lipinski definition) is 4. The summed E-state index contributed by atoms with van der Waals surface area (Å²) in [4.78, 5) is 32.3. The summed E-state index contributed by atoms with van der Waals surface area (Å²) in [6, 6.07) is -2.24. The third kappa shape index (κ3) is 5.30. The fourth-order valence-corrected chi connectivity index (χ4v) is 1.11. The highest BCUT2D eigenvalue weighted by Gasteiger charge is 2.23. The largest absolute Gasteiger partial charge is 0.481 e. The number of nitrogens with one attached hydrogen (secondary N) is 1. The molecule has 5 N–H and O–H groups in total. The van der Waals surface area contributed by atoms with Crippen LogP contribution >= 0.6 is 0 Å². The molecule has 0 rings (SSSR count). The lowest BCUT2D eigenvalue weighted by atomic mass is 10.1. The van der Waals surface area contributed by atoms with Crippen LogP contribution in [0.2, 0.25) is 0 Å². The molecule has 0 radical (unpaired) electrons. The lowest BCUT2D eigenvalue weighted by Crippen LogP contribution is -2.49. The molecule has 0 saturated carbocycles. The fraction of sp³-hybridized carbons (Fsp3) is 0.667. The van der Waals surface area contributed by atoms with Crippen molar-refractivity contribution in [2.75, 3.05) is 0 Å². The maximum Gasteiger partial charge on any atom is 0.326 e. The molecule has 0 aliphatic heterocycles. The average Bonchev–Trinajstić information content (AvgIpc) is 2.15. The van der Waals surface area contributed by atoms with Crippen molar-refractivity contribution in [2.45, 2.75) is 38.3 Å². The van der Waals surface area contributed by atoms with Crippen LogP contribution in [0.25, 0.3) is 0 Å². The van der Waals surface area contributed by atoms with Gasteiger partial charge in [-0.25, -0.2) is 4.79 Å². The van der Waals surface area contributed by atoms with Gasteiger partial charge in [0.05, 0.1) is 12.5 Å². The van der Waals surface area contributed by atoms with Gasteiger partial charge >= 0.3 is 11.9 Å². The van der Waals surface area contributed by atoms with E-state index < -0.39 is 36.4 Å². The van der Waals surface area contributed by atoms with Crippen molar-refractivity contribution < 1.29 is 24.6 Å². The van der Waals surface area contributed by atoms with Gasteiger partial charge in [-0.2, -0.15) is 0 Å². The molecule has 0 saturated heterocycles. The van der Waals surface area contributed by atoms with Crippen molar-refractivity contribution in [1.29, 1.82) is 0 Å². The van der Waals surface area contributed by atoms with Gasteiger partial charge in [0.1, 0.15) is 6.04 Å². The molecule has 16 heavy (non-hydrogen) atoms. The van der Waals surface area contributed by atoms with Crippen LogP contribution in [0.15, 0.2) is 0 Å². The van der Waals surface area contributed by atoms with Crippen LogP contribution in [0.1, 0.15) is 26.2 Å². The first-order valence-electron chi connectivity index (χ1n) is 4.89. The maximum absolute atomic E-state index is 11.3. The van der Waals surface area contributed by atoms with E-state index in [0.29, 0.717) is 6.42 Å². The van der Waals surface area contributed by atoms with E-state index >= 15 is 0 Å². The summed E-state index contributed by atoms with van der Waals surface area (Å²) < 4.78 is 0. The summed E-state index contributed by atoms with van der Waals surface area (Å²) >= 11 is 0. The highest BCUT2D eigenvalue weighted by atomic mass is 16.4. The number of aliphatic carboxylic acids is 2. The van der Waals surface area contributed by atoms with Crippen LogP contribution in [-0.2, 0) is 14.4 Å². The molecule has 0 aromatic rings. The topological polar surface area (TPSA) is 130 Å². The highest BCUT2D eigenvalue weighted by Crippen LogP contribution is 1.98. The van der Waals surface area contributed by atoms with Gasteiger partial charge in [0.25, 0.3) is 0 Å². The van der Waals surface area contributed by atoms with Gasteiger partial charge in [-0.05, 0) is 6.42 Å². The van der Waals surface area contributed by atoms with Crippen molar-refractivity contribution in [2.24, 2.45) is 5.73 Å². The van der Waals surface area contributed by atoms with Crippen LogP contribution in [0.3, 0.4) is 0 Å². The molecule has 0 spiro atoms. The predicted octanol–water partition coefficient (Wildman–Crippen LogP) is -0.842. The Morgan fingerprint density at radius 3 is 2.25 bits per heavy atom. The van der Waals surface area contributed by atoms with Crippen molar-refractivity contribution in [3.63, 3.8) is 0 Å². The third-order valence-electron chi connectivity index (χ3n) is 1.92. The van der Waals surface area contributed by atoms with Crippen molar-refractivity contribution >= 4 is 17.8 Å². The minimum Gasteiger partial charge on any atom is -0.481 e. The standard InChI is InChI=1S/C9H16N2O5/c1-2-3-6(9(15)16)11-8(14)5(10)4-7(12)13/h5-6H,2-4,10H2,1H3,(H,11,14)(H,12,13)(H,15,16). The number of carboxylic acids is 2. The average molecular weight is 232 g/mol. The number of carboxylic acid groups (broad SMARTS) is 2. The van der Waals surface area contributed by atoms with Gasteiger partial charge in [0.2, 0.25) is 5.91 Å². The molecule has 1 amide bonds. The number of nitrogens with two attached hydrogens (primary N) is 1. The lowest BCUT2D eigenvalue weighted by Gasteiger charge is -2.16. The molecule has 0 bridgehead atoms. The van der Waals surface area contributed by atoms with Crippen molar-refractivity contribution in [3.8, 4) is 0 Å². The van der Waals surface area contributed by atoms with E-state index in [0.717, 1.165) is 0 Å². The van der Waals surface area contributed by atoms with Crippen LogP contribution in [0.5, 0.6) is 0 Å². The van der Waals surface area contributed by atoms with Gasteiger partial charge in [0, 0.05) is 0 Å². The Morgan fingerprint density at radius 1 is 1.31 bits per heavy atom. The summed E-state index contributed by atoms with van der Waals surface area (Å²) in [6.07, 6.45) is 0.344. The quantitative estimate of drug-likeness (QED) is 0.452. The molecule has 2 atom stereocenters. The Kier molecular flexibility index (Phi) is 6.09. The Morgan fingerprint density at radius 2 is 1.88 bits per heavy atom. The second-order valence-corrected chi connectivity index (χ2v) is 3.39. The Labute approximate surface area is 92.6 Å². The first-order valence-corrected chi connectivity index (χ1v) is 4.89. The smallest absolute Gasteiger partial charge is 0.326 e. The zero-order valence-electron chi connectivity index (χ0n) is 8.97. The first-order chi connectivity index (χ1) is 7.38. The van der Waals surface area contributed by atoms with E-state index in [1.165, 1.54) is 0 Å². The number of hydrogen-bond acceptors (Lipinski definition) is 4. The number of rotatable bonds is 7. The van der Waals surface area contributed by atoms with Crippen molar-refractivity contribution in [3.05, 3.63) is 0 Å². The minimum atomic E-state index is -1.23. The van der Waals surface area contributed by atoms with E-state index in [1.54, 1.807) is 6.92 Å². The molecule has 0 aliphatic rings. The molecule has 0 aliphatic carbocycles. The van der Waals surface area contributed by atoms with Gasteiger partial charge in [-0.15, -0.1) is 0 Å². The van der Waals surface area contributed by atoms with Gasteiger partial charge in [-0.1, -0.05) is 13.3 Å². The Bertz CT molecular complexity index is 279. The summed E-state index contributed by atoms with van der Waals surface area (Å²) in [7, 11) is 0. The first kappa shape index (κ1) is 14.4. The van der Waals surface area contributed by atoms with Crippen LogP contribution in [-0.4, -0.2) is 40.1 Å². The monoisotopic (exact) mass is 232 g/mol. The number of amides is 1. The molecule has 0 aromatic carbocycles. The second kappa shape index (κ2) is 6.78. The summed E-state index contributed by atoms with van der Waals surface area (Å²) in [5, 5.41) is 19.3. The van der Waals surface area contributed by atoms with Crippen LogP contribution < -0.4 is 11.1 Å². The fourth-order valence-electron chi connectivity index (χ4n) is 1.11. The predicted molar refractivity (Wildman–Crippen MR) is 54.7 cm³/mol. The molecule has 0 heterocycles. The molecule has 92 valence electrons. The highest BCUT2D eigenvalue weighted by molar-refractivity contribution is 5.89. The minimum absolute atomic E-state index is 0.279. The molecule has 0 fully saturated rings. The molecular weight excluding hydrogens is 216 g/mol.